The van der Waals surface area contributed by atoms with Crippen molar-refractivity contribution in [1.29, 1.82) is 0 Å². The maximum atomic E-state index is 7.53. The maximum Gasteiger partial charge on any atom is 0.591 e. The number of amidine groups is 3. The molecule has 4 aliphatic heterocycles. The van der Waals surface area contributed by atoms with Crippen molar-refractivity contribution in [3.8, 4) is 0 Å². The lowest BCUT2D eigenvalue weighted by Crippen LogP contribution is -2.66. The van der Waals surface area contributed by atoms with E-state index in [0.29, 0.717) is 34.6 Å². The van der Waals surface area contributed by atoms with Gasteiger partial charge in [-0.1, -0.05) is 97.1 Å². The summed E-state index contributed by atoms with van der Waals surface area (Å²) < 4.78 is 18.9. The fraction of sp³-hybridized carbons (Fsp3) is 0.108. The molecule has 0 saturated heterocycles. The summed E-state index contributed by atoms with van der Waals surface area (Å²) in [5, 5.41) is 4.74. The average Bonchev–Trinajstić information content (AvgIpc) is 3.80. The van der Waals surface area contributed by atoms with Gasteiger partial charge in [0.25, 0.3) is 0 Å². The number of hydrogen-bond acceptors (Lipinski definition) is 7. The van der Waals surface area contributed by atoms with Crippen LogP contribution in [0.2, 0.25) is 19.6 Å². The van der Waals surface area contributed by atoms with Crippen molar-refractivity contribution in [2.75, 3.05) is 7.11 Å². The van der Waals surface area contributed by atoms with Crippen LogP contribution in [0.25, 0.3) is 27.6 Å². The lowest BCUT2D eigenvalue weighted by molar-refractivity contribution is 0.268. The zero-order chi connectivity index (χ0) is 32.4. The van der Waals surface area contributed by atoms with Gasteiger partial charge >= 0.3 is 8.88 Å². The van der Waals surface area contributed by atoms with E-state index in [9.17, 15) is 0 Å². The van der Waals surface area contributed by atoms with Crippen molar-refractivity contribution in [3.63, 3.8) is 0 Å². The molecule has 0 spiro atoms. The number of rotatable bonds is 3. The summed E-state index contributed by atoms with van der Waals surface area (Å²) in [6.45, 7) is 6.59. The Balaban J connectivity index is 1.55. The van der Waals surface area contributed by atoms with Crippen LogP contribution in [-0.4, -0.2) is 56.0 Å². The minimum absolute atomic E-state index is 0.592. The van der Waals surface area contributed by atoms with Crippen LogP contribution in [0.15, 0.2) is 122 Å². The third kappa shape index (κ3) is 3.69. The molecule has 0 radical (unpaired) electrons. The Morgan fingerprint density at radius 1 is 0.542 bits per heavy atom. The Kier molecular flexibility index (Phi) is 5.56. The molecule has 0 N–H and O–H groups in total. The molecule has 9 nitrogen and oxygen atoms in total. The first kappa shape index (κ1) is 27.7. The smallest absolute Gasteiger partial charge is 0.404 e. The molecule has 1 unspecified atom stereocenters. The van der Waals surface area contributed by atoms with Gasteiger partial charge in [-0.15, -0.1) is 0 Å². The van der Waals surface area contributed by atoms with Gasteiger partial charge in [-0.05, 0) is 25.7 Å². The highest BCUT2D eigenvalue weighted by atomic mass is 28.5. The lowest BCUT2D eigenvalue weighted by atomic mass is 10.0. The third-order valence-electron chi connectivity index (χ3n) is 9.20. The fourth-order valence-electron chi connectivity index (χ4n) is 7.34. The van der Waals surface area contributed by atoms with E-state index in [1.807, 2.05) is 36.4 Å². The number of hydrogen-bond donors (Lipinski definition) is 0. The summed E-state index contributed by atoms with van der Waals surface area (Å²) in [4.78, 5) is 26.6. The van der Waals surface area contributed by atoms with E-state index in [2.05, 4.69) is 94.8 Å². The van der Waals surface area contributed by atoms with E-state index < -0.39 is 17.2 Å². The van der Waals surface area contributed by atoms with Gasteiger partial charge in [-0.2, -0.15) is 0 Å². The van der Waals surface area contributed by atoms with Crippen LogP contribution in [0.1, 0.15) is 22.3 Å². The number of fused-ring (bicyclic) bond motifs is 14. The van der Waals surface area contributed by atoms with Crippen molar-refractivity contribution in [3.05, 3.63) is 130 Å². The molecule has 6 heterocycles. The van der Waals surface area contributed by atoms with Gasteiger partial charge in [0.2, 0.25) is 0 Å². The normalized spacial score (nSPS) is 18.7. The molecule has 4 aliphatic rings. The van der Waals surface area contributed by atoms with E-state index in [1.165, 1.54) is 0 Å². The van der Waals surface area contributed by atoms with Gasteiger partial charge in [0.05, 0.1) is 5.71 Å². The van der Waals surface area contributed by atoms with Crippen LogP contribution < -0.4 is 10.8 Å². The second-order valence-corrected chi connectivity index (χ2v) is 20.7. The fourth-order valence-corrected chi connectivity index (χ4v) is 14.0. The zero-order valence-electron chi connectivity index (χ0n) is 26.8. The highest BCUT2D eigenvalue weighted by Gasteiger charge is 2.53. The Labute approximate surface area is 277 Å². The van der Waals surface area contributed by atoms with E-state index in [0.717, 1.165) is 54.9 Å². The van der Waals surface area contributed by atoms with Crippen LogP contribution in [0.3, 0.4) is 0 Å². The molecule has 232 valence electrons. The highest BCUT2D eigenvalue weighted by Crippen LogP contribution is 2.43. The van der Waals surface area contributed by atoms with Crippen LogP contribution in [0.5, 0.6) is 0 Å². The Bertz CT molecular complexity index is 2530. The lowest BCUT2D eigenvalue weighted by Gasteiger charge is -2.37. The Hall–Kier alpha value is -5.34. The molecule has 0 amide bonds. The molecule has 0 aliphatic carbocycles. The van der Waals surface area contributed by atoms with Crippen LogP contribution in [0, 0.1) is 0 Å². The van der Waals surface area contributed by atoms with Gasteiger partial charge in [-0.3, -0.25) is 8.47 Å². The average molecular weight is 660 g/mol. The molecular weight excluding hydrogens is 631 g/mol. The van der Waals surface area contributed by atoms with E-state index in [1.54, 1.807) is 7.11 Å². The first-order valence-corrected chi connectivity index (χ1v) is 21.1. The van der Waals surface area contributed by atoms with Gasteiger partial charge < -0.3 is 8.54 Å². The molecule has 2 aromatic heterocycles. The van der Waals surface area contributed by atoms with Crippen LogP contribution in [-0.2, 0) is 8.54 Å². The van der Waals surface area contributed by atoms with Gasteiger partial charge in [0.1, 0.15) is 17.1 Å². The molecule has 0 fully saturated rings. The van der Waals surface area contributed by atoms with Crippen molar-refractivity contribution in [2.24, 2.45) is 25.0 Å². The summed E-state index contributed by atoms with van der Waals surface area (Å²) in [6.07, 6.45) is 2.15. The molecule has 6 aromatic rings. The van der Waals surface area contributed by atoms with Gasteiger partial charge in [-0.25, -0.2) is 25.0 Å². The minimum atomic E-state index is -3.87. The second-order valence-electron chi connectivity index (χ2n) is 13.2. The quantitative estimate of drug-likeness (QED) is 0.216. The largest absolute Gasteiger partial charge is 0.591 e. The maximum absolute atomic E-state index is 7.53. The summed E-state index contributed by atoms with van der Waals surface area (Å²) in [7, 11) is -4.51. The SMILES string of the molecule is CO[Si]1(O[Si](C)(C)C)n2c3c4ccccc4c2N=C2N=C(N=c4c5ccccc5c(n41)=CC1=NC(=N3)c3ccccc31)c1ccccc12. The summed E-state index contributed by atoms with van der Waals surface area (Å²) in [5.41, 5.74) is 5.39. The molecule has 0 saturated carbocycles. The molecular formula is C37H29N7O2Si2. The molecule has 6 bridgehead atoms. The predicted molar refractivity (Wildman–Crippen MR) is 195 cm³/mol. The third-order valence-corrected chi connectivity index (χ3v) is 15.3. The number of aliphatic imine (C=N–C) groups is 4. The molecule has 11 heteroatoms. The van der Waals surface area contributed by atoms with Gasteiger partial charge in [0.15, 0.2) is 25.8 Å². The topological polar surface area (TPSA) is 90.1 Å². The number of aromatic nitrogens is 2. The summed E-state index contributed by atoms with van der Waals surface area (Å²) >= 11 is 0. The van der Waals surface area contributed by atoms with Crippen LogP contribution in [0.4, 0.5) is 11.6 Å². The Morgan fingerprint density at radius 2 is 1.04 bits per heavy atom. The predicted octanol–water partition coefficient (Wildman–Crippen LogP) is 6.07. The molecule has 1 atom stereocenters. The first-order valence-electron chi connectivity index (χ1n) is 16.0. The van der Waals surface area contributed by atoms with E-state index in [-0.39, 0.29) is 0 Å². The number of benzene rings is 4. The van der Waals surface area contributed by atoms with Crippen molar-refractivity contribution >= 4 is 79.7 Å². The Morgan fingerprint density at radius 3 is 1.65 bits per heavy atom. The van der Waals surface area contributed by atoms with Gasteiger partial charge in [0, 0.05) is 56.3 Å². The molecule has 48 heavy (non-hydrogen) atoms. The zero-order valence-corrected chi connectivity index (χ0v) is 28.8. The summed E-state index contributed by atoms with van der Waals surface area (Å²) in [6, 6.07) is 33.1. The first-order chi connectivity index (χ1) is 23.3. The van der Waals surface area contributed by atoms with E-state index in [4.69, 9.17) is 33.5 Å². The molecule has 10 rings (SSSR count). The van der Waals surface area contributed by atoms with Crippen molar-refractivity contribution < 1.29 is 8.54 Å². The van der Waals surface area contributed by atoms with Crippen molar-refractivity contribution in [1.82, 2.24) is 8.47 Å². The monoisotopic (exact) mass is 659 g/mol. The van der Waals surface area contributed by atoms with Crippen LogP contribution >= 0.6 is 0 Å². The minimum Gasteiger partial charge on any atom is -0.404 e. The molecule has 4 aromatic carbocycles. The standard InChI is InChI=1S/C37H29N7O2Si2/c1-45-48(46-47(2,3)4)43-31-21-30-22-13-5-7-15-24(22)32(38-30)40-36-28-19-11-12-20-29(28)37(44(36)48)42-34-26-17-9-8-16-25(26)33(39-34)41-35(43)27-18-10-6-14-23(27)31/h5-21H,1-4H3. The van der Waals surface area contributed by atoms with E-state index >= 15 is 0 Å². The second kappa shape index (κ2) is 9.61. The number of nitrogens with zero attached hydrogens (tertiary/aromatic N) is 7. The summed E-state index contributed by atoms with van der Waals surface area (Å²) in [5.74, 6) is 3.20. The highest BCUT2D eigenvalue weighted by molar-refractivity contribution is 6.81. The van der Waals surface area contributed by atoms with Crippen molar-refractivity contribution in [2.45, 2.75) is 19.6 Å².